The molecular formula is C28H35N3O4. The minimum Gasteiger partial charge on any atom is -0.494 e. The van der Waals surface area contributed by atoms with E-state index in [0.29, 0.717) is 36.0 Å². The average molecular weight is 478 g/mol. The average Bonchev–Trinajstić information content (AvgIpc) is 2.89. The van der Waals surface area contributed by atoms with Crippen LogP contribution in [0.1, 0.15) is 55.8 Å². The molecule has 7 nitrogen and oxygen atoms in total. The van der Waals surface area contributed by atoms with Crippen LogP contribution in [0.5, 0.6) is 5.75 Å². The van der Waals surface area contributed by atoms with Crippen molar-refractivity contribution in [3.63, 3.8) is 0 Å². The number of rotatable bonds is 9. The highest BCUT2D eigenvalue weighted by molar-refractivity contribution is 5.95. The molecule has 0 radical (unpaired) electrons. The number of nitrogens with one attached hydrogen (secondary N) is 2. The molecule has 1 aliphatic carbocycles. The number of carbonyl (C=O) groups excluding carboxylic acids is 1. The number of amides is 1. The highest BCUT2D eigenvalue weighted by Gasteiger charge is 2.22. The summed E-state index contributed by atoms with van der Waals surface area (Å²) in [6, 6.07) is 7.21. The highest BCUT2D eigenvalue weighted by Crippen LogP contribution is 2.29. The molecule has 2 aliphatic heterocycles. The molecule has 0 atom stereocenters. The Bertz CT molecular complexity index is 1060. The maximum Gasteiger partial charge on any atom is 0.335 e. The van der Waals surface area contributed by atoms with Gasteiger partial charge in [-0.25, -0.2) is 4.79 Å². The van der Waals surface area contributed by atoms with Gasteiger partial charge in [0.2, 0.25) is 0 Å². The third-order valence-electron chi connectivity index (χ3n) is 6.85. The summed E-state index contributed by atoms with van der Waals surface area (Å²) in [7, 11) is 0. The number of likely N-dealkylation sites (tertiary alicyclic amines) is 1. The second-order valence-electron chi connectivity index (χ2n) is 9.29. The van der Waals surface area contributed by atoms with Crippen molar-refractivity contribution in [2.75, 3.05) is 26.2 Å². The molecule has 1 fully saturated rings. The molecule has 1 aromatic rings. The molecule has 2 heterocycles. The number of dihydropyridines is 1. The molecule has 0 spiro atoms. The molecule has 0 aromatic heterocycles. The summed E-state index contributed by atoms with van der Waals surface area (Å²) < 4.78 is 5.49. The van der Waals surface area contributed by atoms with Gasteiger partial charge >= 0.3 is 5.97 Å². The van der Waals surface area contributed by atoms with Gasteiger partial charge in [0.25, 0.3) is 5.91 Å². The number of carboxylic acids is 1. The fourth-order valence-electron chi connectivity index (χ4n) is 4.86. The Morgan fingerprint density at radius 1 is 1.23 bits per heavy atom. The Morgan fingerprint density at radius 2 is 2.06 bits per heavy atom. The second kappa shape index (κ2) is 11.8. The van der Waals surface area contributed by atoms with Crippen LogP contribution in [0.4, 0.5) is 0 Å². The van der Waals surface area contributed by atoms with Crippen LogP contribution in [-0.4, -0.2) is 48.1 Å². The third kappa shape index (κ3) is 6.78. The maximum absolute atomic E-state index is 12.6. The van der Waals surface area contributed by atoms with Gasteiger partial charge in [0.1, 0.15) is 11.6 Å². The quantitative estimate of drug-likeness (QED) is 0.489. The fourth-order valence-corrected chi connectivity index (χ4v) is 4.86. The Balaban J connectivity index is 1.23. The van der Waals surface area contributed by atoms with Crippen molar-refractivity contribution in [2.24, 2.45) is 5.92 Å². The van der Waals surface area contributed by atoms with Crippen molar-refractivity contribution < 1.29 is 19.4 Å². The number of carboxylic acid groups (broad SMARTS) is 1. The number of hydrogen-bond donors (Lipinski definition) is 3. The predicted molar refractivity (Wildman–Crippen MR) is 136 cm³/mol. The van der Waals surface area contributed by atoms with Crippen LogP contribution in [0.2, 0.25) is 0 Å². The van der Waals surface area contributed by atoms with Crippen molar-refractivity contribution in [1.82, 2.24) is 15.5 Å². The summed E-state index contributed by atoms with van der Waals surface area (Å²) in [5.74, 6) is 1.51. The van der Waals surface area contributed by atoms with E-state index in [1.165, 1.54) is 5.57 Å². The molecular weight excluding hydrogens is 442 g/mol. The number of aliphatic carboxylic acids is 1. The standard InChI is InChI=1S/C28H35N3O4/c1-2-35-25-8-4-6-22(18-25)27(32)30-24-11-12-26(29-19-24)31-15-13-20(14-16-31)9-10-21-5-3-7-23(17-21)28(33)34/h4,6-8,11-12,17-18,20,29H,2-3,5,9-10,13-16,19H2,1H3,(H,30,32)(H,33,34). The topological polar surface area (TPSA) is 90.9 Å². The zero-order valence-corrected chi connectivity index (χ0v) is 20.4. The summed E-state index contributed by atoms with van der Waals surface area (Å²) >= 11 is 0. The van der Waals surface area contributed by atoms with Crippen molar-refractivity contribution in [2.45, 2.75) is 45.4 Å². The van der Waals surface area contributed by atoms with Crippen molar-refractivity contribution in [3.8, 4) is 5.75 Å². The molecule has 0 bridgehead atoms. The van der Waals surface area contributed by atoms with Crippen LogP contribution < -0.4 is 15.4 Å². The lowest BCUT2D eigenvalue weighted by atomic mass is 9.88. The highest BCUT2D eigenvalue weighted by atomic mass is 16.5. The van der Waals surface area contributed by atoms with Gasteiger partial charge in [-0.3, -0.25) is 4.79 Å². The number of allylic oxidation sites excluding steroid dienone is 4. The van der Waals surface area contributed by atoms with Gasteiger partial charge in [-0.2, -0.15) is 0 Å². The molecule has 3 N–H and O–H groups in total. The van der Waals surface area contributed by atoms with Gasteiger partial charge in [-0.1, -0.05) is 17.7 Å². The van der Waals surface area contributed by atoms with E-state index in [-0.39, 0.29) is 5.91 Å². The summed E-state index contributed by atoms with van der Waals surface area (Å²) in [5, 5.41) is 15.6. The smallest absolute Gasteiger partial charge is 0.335 e. The predicted octanol–water partition coefficient (Wildman–Crippen LogP) is 4.37. The van der Waals surface area contributed by atoms with E-state index >= 15 is 0 Å². The van der Waals surface area contributed by atoms with Crippen molar-refractivity contribution in [3.05, 3.63) is 76.8 Å². The molecule has 1 saturated heterocycles. The first-order chi connectivity index (χ1) is 17.0. The lowest BCUT2D eigenvalue weighted by Gasteiger charge is -2.36. The SMILES string of the molecule is CCOc1cccc(C(=O)NC2=CC=C(N3CCC(CCC4=CC(C(=O)O)=CCC4)CC3)NC2)c1. The maximum atomic E-state index is 12.6. The summed E-state index contributed by atoms with van der Waals surface area (Å²) in [6.07, 6.45) is 13.9. The summed E-state index contributed by atoms with van der Waals surface area (Å²) in [5.41, 5.74) is 3.13. The first kappa shape index (κ1) is 24.6. The normalized spacial score (nSPS) is 18.5. The van der Waals surface area contributed by atoms with E-state index in [1.54, 1.807) is 12.1 Å². The minimum atomic E-state index is -0.823. The van der Waals surface area contributed by atoms with Crippen molar-refractivity contribution >= 4 is 11.9 Å². The monoisotopic (exact) mass is 477 g/mol. The lowest BCUT2D eigenvalue weighted by Crippen LogP contribution is -2.41. The molecule has 186 valence electrons. The van der Waals surface area contributed by atoms with E-state index in [1.807, 2.05) is 43.4 Å². The number of piperidine rings is 1. The molecule has 4 rings (SSSR count). The number of nitrogens with zero attached hydrogens (tertiary/aromatic N) is 1. The molecule has 0 unspecified atom stereocenters. The Hall–Kier alpha value is -3.48. The van der Waals surface area contributed by atoms with E-state index in [2.05, 4.69) is 15.5 Å². The first-order valence-electron chi connectivity index (χ1n) is 12.6. The van der Waals surface area contributed by atoms with Crippen molar-refractivity contribution in [1.29, 1.82) is 0 Å². The van der Waals surface area contributed by atoms with Gasteiger partial charge in [0.05, 0.1) is 18.7 Å². The fraction of sp³-hybridized carbons (Fsp3) is 0.429. The summed E-state index contributed by atoms with van der Waals surface area (Å²) in [4.78, 5) is 26.2. The van der Waals surface area contributed by atoms with Crippen LogP contribution in [-0.2, 0) is 4.79 Å². The first-order valence-corrected chi connectivity index (χ1v) is 12.6. The molecule has 3 aliphatic rings. The Labute approximate surface area is 207 Å². The molecule has 7 heteroatoms. The van der Waals surface area contributed by atoms with E-state index in [9.17, 15) is 14.7 Å². The number of hydrogen-bond acceptors (Lipinski definition) is 5. The zero-order valence-electron chi connectivity index (χ0n) is 20.4. The third-order valence-corrected chi connectivity index (χ3v) is 6.85. The zero-order chi connectivity index (χ0) is 24.6. The van der Waals surface area contributed by atoms with Crippen LogP contribution >= 0.6 is 0 Å². The molecule has 1 amide bonds. The lowest BCUT2D eigenvalue weighted by molar-refractivity contribution is -0.132. The number of benzene rings is 1. The molecule has 35 heavy (non-hydrogen) atoms. The largest absolute Gasteiger partial charge is 0.494 e. The van der Waals surface area contributed by atoms with Crippen LogP contribution in [0, 0.1) is 5.92 Å². The minimum absolute atomic E-state index is 0.142. The number of carbonyl (C=O) groups is 2. The van der Waals surface area contributed by atoms with Gasteiger partial charge in [-0.15, -0.1) is 0 Å². The van der Waals surface area contributed by atoms with Crippen LogP contribution in [0.3, 0.4) is 0 Å². The van der Waals surface area contributed by atoms with E-state index < -0.39 is 5.97 Å². The van der Waals surface area contributed by atoms with Gasteiger partial charge in [-0.05, 0) is 87.8 Å². The van der Waals surface area contributed by atoms with Gasteiger partial charge < -0.3 is 25.4 Å². The van der Waals surface area contributed by atoms with Gasteiger partial charge in [0.15, 0.2) is 0 Å². The Kier molecular flexibility index (Phi) is 8.29. The Morgan fingerprint density at radius 3 is 2.77 bits per heavy atom. The second-order valence-corrected chi connectivity index (χ2v) is 9.29. The number of ether oxygens (including phenoxy) is 1. The molecule has 0 saturated carbocycles. The summed E-state index contributed by atoms with van der Waals surface area (Å²) in [6.45, 7) is 5.07. The van der Waals surface area contributed by atoms with Crippen LogP contribution in [0.15, 0.2) is 71.2 Å². The molecule has 1 aromatic carbocycles. The van der Waals surface area contributed by atoms with Gasteiger partial charge in [0, 0.05) is 24.4 Å². The van der Waals surface area contributed by atoms with E-state index in [0.717, 1.165) is 63.1 Å². The van der Waals surface area contributed by atoms with Crippen LogP contribution in [0.25, 0.3) is 0 Å². The van der Waals surface area contributed by atoms with E-state index in [4.69, 9.17) is 4.74 Å².